The minimum atomic E-state index is -0.384. The number of pyridine rings is 1. The summed E-state index contributed by atoms with van der Waals surface area (Å²) < 4.78 is 16.1. The van der Waals surface area contributed by atoms with E-state index in [9.17, 15) is 10.1 Å². The predicted molar refractivity (Wildman–Crippen MR) is 98.3 cm³/mol. The molecule has 2 aliphatic rings. The van der Waals surface area contributed by atoms with Crippen LogP contribution < -0.4 is 4.90 Å². The van der Waals surface area contributed by atoms with Crippen LogP contribution >= 0.6 is 11.8 Å². The number of morpholine rings is 1. The summed E-state index contributed by atoms with van der Waals surface area (Å²) in [5, 5.41) is 9.39. The smallest absolute Gasteiger partial charge is 0.367 e. The van der Waals surface area contributed by atoms with Crippen LogP contribution in [0, 0.1) is 11.3 Å². The Hall–Kier alpha value is -1.82. The number of fused-ring (bicyclic) bond motifs is 1. The third-order valence-corrected chi connectivity index (χ3v) is 5.41. The molecule has 3 heterocycles. The first-order valence-corrected chi connectivity index (χ1v) is 9.56. The number of aromatic nitrogens is 1. The molecule has 0 saturated carbocycles. The molecule has 0 aromatic carbocycles. The molecule has 0 N–H and O–H groups in total. The summed E-state index contributed by atoms with van der Waals surface area (Å²) in [7, 11) is 1.35. The van der Waals surface area contributed by atoms with Crippen LogP contribution in [-0.2, 0) is 33.0 Å². The Morgan fingerprint density at radius 3 is 2.77 bits per heavy atom. The normalized spacial score (nSPS) is 18.8. The Kier molecular flexibility index (Phi) is 5.70. The number of thioether (sulfide) groups is 1. The molecule has 140 valence electrons. The van der Waals surface area contributed by atoms with Crippen molar-refractivity contribution in [2.45, 2.75) is 38.2 Å². The minimum absolute atomic E-state index is 0.307. The molecule has 7 nitrogen and oxygen atoms in total. The summed E-state index contributed by atoms with van der Waals surface area (Å²) >= 11 is 1.02. The lowest BCUT2D eigenvalue weighted by molar-refractivity contribution is -0.0402. The molecule has 0 amide bonds. The van der Waals surface area contributed by atoms with E-state index < -0.39 is 0 Å². The van der Waals surface area contributed by atoms with Crippen molar-refractivity contribution in [3.8, 4) is 6.07 Å². The number of hydrogen-bond acceptors (Lipinski definition) is 8. The second-order valence-corrected chi connectivity index (χ2v) is 7.80. The summed E-state index contributed by atoms with van der Waals surface area (Å²) in [6.07, 6.45) is 0.640. The highest BCUT2D eigenvalue weighted by Crippen LogP contribution is 2.37. The van der Waals surface area contributed by atoms with Gasteiger partial charge in [-0.25, -0.2) is 9.78 Å². The Bertz CT molecular complexity index is 739. The highest BCUT2D eigenvalue weighted by molar-refractivity contribution is 8.12. The second-order valence-electron chi connectivity index (χ2n) is 6.89. The Balaban J connectivity index is 2.06. The fraction of sp³-hybridized carbons (Fsp3) is 0.611. The van der Waals surface area contributed by atoms with E-state index in [1.54, 1.807) is 0 Å². The number of carbonyl (C=O) groups is 1. The summed E-state index contributed by atoms with van der Waals surface area (Å²) in [5.41, 5.74) is 2.82. The Morgan fingerprint density at radius 1 is 1.38 bits per heavy atom. The van der Waals surface area contributed by atoms with Crippen LogP contribution in [0.3, 0.4) is 0 Å². The molecule has 0 radical (unpaired) electrons. The van der Waals surface area contributed by atoms with E-state index >= 15 is 0 Å². The zero-order chi connectivity index (χ0) is 18.7. The SMILES string of the molecule is COC(=O)SCc1nc(N2CCOCC2)c2c(c1C#N)CC(C)(C)OC2. The average molecular weight is 377 g/mol. The van der Waals surface area contributed by atoms with Crippen LogP contribution in [-0.4, -0.2) is 49.3 Å². The van der Waals surface area contributed by atoms with E-state index in [1.165, 1.54) is 7.11 Å². The van der Waals surface area contributed by atoms with Crippen molar-refractivity contribution in [2.75, 3.05) is 38.3 Å². The van der Waals surface area contributed by atoms with Crippen molar-refractivity contribution in [2.24, 2.45) is 0 Å². The van der Waals surface area contributed by atoms with E-state index in [0.717, 1.165) is 41.8 Å². The maximum absolute atomic E-state index is 11.5. The molecular formula is C18H23N3O4S. The number of ether oxygens (including phenoxy) is 3. The van der Waals surface area contributed by atoms with Crippen molar-refractivity contribution < 1.29 is 19.0 Å². The number of rotatable bonds is 3. The van der Waals surface area contributed by atoms with Crippen LogP contribution in [0.4, 0.5) is 10.6 Å². The number of hydrogen-bond donors (Lipinski definition) is 0. The molecule has 0 atom stereocenters. The lowest BCUT2D eigenvalue weighted by Crippen LogP contribution is -2.40. The number of carbonyl (C=O) groups excluding carboxylic acids is 1. The first-order valence-electron chi connectivity index (χ1n) is 8.57. The van der Waals surface area contributed by atoms with Crippen molar-refractivity contribution in [1.29, 1.82) is 5.26 Å². The maximum atomic E-state index is 11.5. The van der Waals surface area contributed by atoms with Crippen LogP contribution in [0.15, 0.2) is 0 Å². The molecule has 8 heteroatoms. The van der Waals surface area contributed by atoms with Crippen molar-refractivity contribution in [3.63, 3.8) is 0 Å². The highest BCUT2D eigenvalue weighted by Gasteiger charge is 2.33. The maximum Gasteiger partial charge on any atom is 0.367 e. The van der Waals surface area contributed by atoms with Gasteiger partial charge in [-0.1, -0.05) is 0 Å². The average Bonchev–Trinajstić information content (AvgIpc) is 2.64. The molecule has 1 aromatic rings. The molecule has 0 bridgehead atoms. The van der Waals surface area contributed by atoms with Gasteiger partial charge in [0.1, 0.15) is 11.9 Å². The van der Waals surface area contributed by atoms with E-state index in [2.05, 4.69) is 11.0 Å². The zero-order valence-electron chi connectivity index (χ0n) is 15.3. The van der Waals surface area contributed by atoms with Crippen molar-refractivity contribution >= 4 is 22.9 Å². The van der Waals surface area contributed by atoms with Gasteiger partial charge < -0.3 is 19.1 Å². The first kappa shape index (κ1) is 19.0. The molecule has 1 saturated heterocycles. The fourth-order valence-corrected chi connectivity index (χ4v) is 3.84. The Labute approximate surface area is 157 Å². The van der Waals surface area contributed by atoms with E-state index in [4.69, 9.17) is 19.2 Å². The highest BCUT2D eigenvalue weighted by atomic mass is 32.2. The van der Waals surface area contributed by atoms with Gasteiger partial charge in [0.05, 0.1) is 43.8 Å². The van der Waals surface area contributed by atoms with Gasteiger partial charge in [-0.3, -0.25) is 0 Å². The second kappa shape index (κ2) is 7.82. The fourth-order valence-electron chi connectivity index (χ4n) is 3.26. The van der Waals surface area contributed by atoms with Gasteiger partial charge in [0.2, 0.25) is 0 Å². The molecule has 3 rings (SSSR count). The number of nitriles is 1. The molecule has 1 fully saturated rings. The van der Waals surface area contributed by atoms with Crippen LogP contribution in [0.5, 0.6) is 0 Å². The van der Waals surface area contributed by atoms with Crippen LogP contribution in [0.1, 0.15) is 36.2 Å². The zero-order valence-corrected chi connectivity index (χ0v) is 16.1. The first-order chi connectivity index (χ1) is 12.4. The third kappa shape index (κ3) is 3.95. The number of anilines is 1. The molecule has 0 spiro atoms. The molecule has 2 aliphatic heterocycles. The van der Waals surface area contributed by atoms with Gasteiger partial charge in [0.15, 0.2) is 0 Å². The molecular weight excluding hydrogens is 354 g/mol. The van der Waals surface area contributed by atoms with E-state index in [1.807, 2.05) is 13.8 Å². The molecule has 0 unspecified atom stereocenters. The predicted octanol–water partition coefficient (Wildman–Crippen LogP) is 2.64. The molecule has 1 aromatic heterocycles. The van der Waals surface area contributed by atoms with Gasteiger partial charge in [-0.15, -0.1) is 0 Å². The molecule has 0 aliphatic carbocycles. The number of nitrogens with zero attached hydrogens (tertiary/aromatic N) is 3. The van der Waals surface area contributed by atoms with E-state index in [0.29, 0.717) is 43.3 Å². The van der Waals surface area contributed by atoms with Gasteiger partial charge in [0, 0.05) is 30.8 Å². The van der Waals surface area contributed by atoms with Crippen LogP contribution in [0.25, 0.3) is 0 Å². The lowest BCUT2D eigenvalue weighted by Gasteiger charge is -2.37. The van der Waals surface area contributed by atoms with Gasteiger partial charge >= 0.3 is 5.30 Å². The van der Waals surface area contributed by atoms with Gasteiger partial charge in [-0.2, -0.15) is 5.26 Å². The van der Waals surface area contributed by atoms with Crippen molar-refractivity contribution in [1.82, 2.24) is 4.98 Å². The topological polar surface area (TPSA) is 84.7 Å². The Morgan fingerprint density at radius 2 is 2.12 bits per heavy atom. The van der Waals surface area contributed by atoms with E-state index in [-0.39, 0.29) is 10.9 Å². The third-order valence-electron chi connectivity index (χ3n) is 4.59. The van der Waals surface area contributed by atoms with Crippen molar-refractivity contribution in [3.05, 3.63) is 22.4 Å². The molecule has 26 heavy (non-hydrogen) atoms. The summed E-state index contributed by atoms with van der Waals surface area (Å²) in [4.78, 5) is 18.5. The van der Waals surface area contributed by atoms with Crippen LogP contribution in [0.2, 0.25) is 0 Å². The number of methoxy groups -OCH3 is 1. The standard InChI is InChI=1S/C18H23N3O4S/c1-18(2)8-12-13(9-19)15(11-26-17(22)23-3)20-16(14(12)10-25-18)21-4-6-24-7-5-21/h4-8,10-11H2,1-3H3. The minimum Gasteiger partial charge on any atom is -0.461 e. The quantitative estimate of drug-likeness (QED) is 0.743. The van der Waals surface area contributed by atoms with Gasteiger partial charge in [0.25, 0.3) is 0 Å². The summed E-state index contributed by atoms with van der Waals surface area (Å²) in [5.74, 6) is 1.15. The summed E-state index contributed by atoms with van der Waals surface area (Å²) in [6, 6.07) is 2.31. The largest absolute Gasteiger partial charge is 0.461 e. The monoisotopic (exact) mass is 377 g/mol. The van der Waals surface area contributed by atoms with Gasteiger partial charge in [-0.05, 0) is 31.2 Å². The summed E-state index contributed by atoms with van der Waals surface area (Å²) in [6.45, 7) is 7.27. The lowest BCUT2D eigenvalue weighted by atomic mass is 9.88.